The molecule has 1 unspecified atom stereocenters. The molecule has 2 heterocycles. The number of pyridine rings is 1. The van der Waals surface area contributed by atoms with Crippen molar-refractivity contribution in [3.8, 4) is 5.88 Å². The Morgan fingerprint density at radius 1 is 1.32 bits per heavy atom. The molecular formula is C16H15ClN2O2S. The van der Waals surface area contributed by atoms with E-state index in [4.69, 9.17) is 16.3 Å². The highest BCUT2D eigenvalue weighted by atomic mass is 35.5. The minimum Gasteiger partial charge on any atom is -0.473 e. The summed E-state index contributed by atoms with van der Waals surface area (Å²) >= 11 is 7.70. The molecule has 2 aromatic rings. The van der Waals surface area contributed by atoms with E-state index in [0.29, 0.717) is 22.2 Å². The monoisotopic (exact) mass is 334 g/mol. The molecule has 1 atom stereocenters. The molecule has 1 aliphatic heterocycles. The quantitative estimate of drug-likeness (QED) is 0.922. The Morgan fingerprint density at radius 3 is 2.86 bits per heavy atom. The molecule has 1 amide bonds. The lowest BCUT2D eigenvalue weighted by Crippen LogP contribution is -2.17. The number of amides is 1. The van der Waals surface area contributed by atoms with Crippen molar-refractivity contribution in [3.05, 3.63) is 53.2 Å². The van der Waals surface area contributed by atoms with Crippen molar-refractivity contribution >= 4 is 35.0 Å². The fourth-order valence-corrected chi connectivity index (χ4v) is 3.35. The average molecular weight is 335 g/mol. The molecule has 1 saturated heterocycles. The molecule has 1 aromatic heterocycles. The Morgan fingerprint density at radius 2 is 2.14 bits per heavy atom. The van der Waals surface area contributed by atoms with Crippen molar-refractivity contribution in [2.75, 3.05) is 16.8 Å². The predicted octanol–water partition coefficient (Wildman–Crippen LogP) is 3.87. The summed E-state index contributed by atoms with van der Waals surface area (Å²) in [5.74, 6) is 2.39. The van der Waals surface area contributed by atoms with Gasteiger partial charge in [0.2, 0.25) is 5.88 Å². The van der Waals surface area contributed by atoms with E-state index in [1.165, 1.54) is 0 Å². The van der Waals surface area contributed by atoms with Gasteiger partial charge in [-0.1, -0.05) is 11.6 Å². The van der Waals surface area contributed by atoms with E-state index in [-0.39, 0.29) is 12.0 Å². The number of halogens is 1. The van der Waals surface area contributed by atoms with Crippen LogP contribution < -0.4 is 10.1 Å². The number of thioether (sulfide) groups is 1. The number of carbonyl (C=O) groups is 1. The lowest BCUT2D eigenvalue weighted by molar-refractivity contribution is 0.102. The van der Waals surface area contributed by atoms with Crippen molar-refractivity contribution in [2.24, 2.45) is 0 Å². The number of hydrogen-bond donors (Lipinski definition) is 1. The van der Waals surface area contributed by atoms with Crippen molar-refractivity contribution in [1.82, 2.24) is 4.98 Å². The number of anilines is 1. The third kappa shape index (κ3) is 3.93. The van der Waals surface area contributed by atoms with Gasteiger partial charge in [-0.05, 0) is 42.5 Å². The Kier molecular flexibility index (Phi) is 4.85. The van der Waals surface area contributed by atoms with Gasteiger partial charge in [0.05, 0.1) is 0 Å². The van der Waals surface area contributed by atoms with Crippen molar-refractivity contribution in [1.29, 1.82) is 0 Å². The van der Waals surface area contributed by atoms with Gasteiger partial charge in [0.25, 0.3) is 5.91 Å². The van der Waals surface area contributed by atoms with Gasteiger partial charge in [0, 0.05) is 34.3 Å². The molecule has 0 saturated carbocycles. The number of nitrogens with zero attached hydrogens (tertiary/aromatic N) is 1. The van der Waals surface area contributed by atoms with Crippen LogP contribution in [0.5, 0.6) is 5.88 Å². The van der Waals surface area contributed by atoms with Crippen LogP contribution in [0.3, 0.4) is 0 Å². The molecule has 1 aliphatic rings. The maximum atomic E-state index is 12.3. The molecule has 4 nitrogen and oxygen atoms in total. The van der Waals surface area contributed by atoms with E-state index in [2.05, 4.69) is 10.3 Å². The maximum Gasteiger partial charge on any atom is 0.255 e. The van der Waals surface area contributed by atoms with Crippen LogP contribution >= 0.6 is 23.4 Å². The standard InChI is InChI=1S/C16H15ClN2O2S/c17-12-1-3-13(4-2-12)19-16(20)11-5-7-18-15(9-11)21-14-6-8-22-10-14/h1-5,7,9,14H,6,8,10H2,(H,19,20). The van der Waals surface area contributed by atoms with E-state index in [9.17, 15) is 4.79 Å². The molecule has 0 radical (unpaired) electrons. The lowest BCUT2D eigenvalue weighted by atomic mass is 10.2. The summed E-state index contributed by atoms with van der Waals surface area (Å²) in [4.78, 5) is 16.4. The van der Waals surface area contributed by atoms with Crippen molar-refractivity contribution in [3.63, 3.8) is 0 Å². The van der Waals surface area contributed by atoms with Crippen LogP contribution in [0.15, 0.2) is 42.6 Å². The number of hydrogen-bond acceptors (Lipinski definition) is 4. The highest BCUT2D eigenvalue weighted by molar-refractivity contribution is 7.99. The minimum absolute atomic E-state index is 0.187. The number of carbonyl (C=O) groups excluding carboxylic acids is 1. The molecule has 1 N–H and O–H groups in total. The van der Waals surface area contributed by atoms with Gasteiger partial charge in [0.1, 0.15) is 6.10 Å². The largest absolute Gasteiger partial charge is 0.473 e. The van der Waals surface area contributed by atoms with Gasteiger partial charge < -0.3 is 10.1 Å². The van der Waals surface area contributed by atoms with Crippen LogP contribution in [0, 0.1) is 0 Å². The second-order valence-electron chi connectivity index (χ2n) is 4.95. The van der Waals surface area contributed by atoms with E-state index >= 15 is 0 Å². The number of rotatable bonds is 4. The predicted molar refractivity (Wildman–Crippen MR) is 90.0 cm³/mol. The van der Waals surface area contributed by atoms with Gasteiger partial charge in [0.15, 0.2) is 0 Å². The zero-order chi connectivity index (χ0) is 15.4. The van der Waals surface area contributed by atoms with Gasteiger partial charge in [-0.25, -0.2) is 4.98 Å². The maximum absolute atomic E-state index is 12.3. The molecule has 0 bridgehead atoms. The normalized spacial score (nSPS) is 17.2. The molecular weight excluding hydrogens is 320 g/mol. The number of benzene rings is 1. The number of ether oxygens (including phenoxy) is 1. The van der Waals surface area contributed by atoms with E-state index < -0.39 is 0 Å². The summed E-state index contributed by atoms with van der Waals surface area (Å²) < 4.78 is 5.80. The Hall–Kier alpha value is -1.72. The van der Waals surface area contributed by atoms with Crippen LogP contribution in [0.1, 0.15) is 16.8 Å². The molecule has 1 fully saturated rings. The van der Waals surface area contributed by atoms with Crippen molar-refractivity contribution < 1.29 is 9.53 Å². The summed E-state index contributed by atoms with van der Waals surface area (Å²) in [6.45, 7) is 0. The van der Waals surface area contributed by atoms with E-state index in [1.54, 1.807) is 42.6 Å². The minimum atomic E-state index is -0.199. The number of aromatic nitrogens is 1. The Bertz CT molecular complexity index is 657. The third-order valence-electron chi connectivity index (χ3n) is 3.27. The van der Waals surface area contributed by atoms with Gasteiger partial charge in [-0.2, -0.15) is 11.8 Å². The Balaban J connectivity index is 1.67. The van der Waals surface area contributed by atoms with Gasteiger partial charge >= 0.3 is 0 Å². The molecule has 1 aromatic carbocycles. The van der Waals surface area contributed by atoms with Gasteiger partial charge in [-0.15, -0.1) is 0 Å². The second kappa shape index (κ2) is 7.03. The Labute approximate surface area is 138 Å². The SMILES string of the molecule is O=C(Nc1ccc(Cl)cc1)c1ccnc(OC2CCSC2)c1. The smallest absolute Gasteiger partial charge is 0.255 e. The summed E-state index contributed by atoms with van der Waals surface area (Å²) in [7, 11) is 0. The van der Waals surface area contributed by atoms with Crippen LogP contribution in [-0.2, 0) is 0 Å². The zero-order valence-electron chi connectivity index (χ0n) is 11.8. The van der Waals surface area contributed by atoms with Crippen molar-refractivity contribution in [2.45, 2.75) is 12.5 Å². The lowest BCUT2D eigenvalue weighted by Gasteiger charge is -2.12. The second-order valence-corrected chi connectivity index (χ2v) is 6.53. The summed E-state index contributed by atoms with van der Waals surface area (Å²) in [6, 6.07) is 10.3. The van der Waals surface area contributed by atoms with E-state index in [0.717, 1.165) is 17.9 Å². The summed E-state index contributed by atoms with van der Waals surface area (Å²) in [6.07, 6.45) is 2.80. The molecule has 0 spiro atoms. The fraction of sp³-hybridized carbons (Fsp3) is 0.250. The van der Waals surface area contributed by atoms with Gasteiger partial charge in [-0.3, -0.25) is 4.79 Å². The van der Waals surface area contributed by atoms with E-state index in [1.807, 2.05) is 11.8 Å². The topological polar surface area (TPSA) is 51.2 Å². The molecule has 114 valence electrons. The van der Waals surface area contributed by atoms with Crippen LogP contribution in [-0.4, -0.2) is 28.5 Å². The molecule has 0 aliphatic carbocycles. The third-order valence-corrected chi connectivity index (χ3v) is 4.66. The zero-order valence-corrected chi connectivity index (χ0v) is 13.4. The molecule has 22 heavy (non-hydrogen) atoms. The summed E-state index contributed by atoms with van der Waals surface area (Å²) in [5.41, 5.74) is 1.21. The average Bonchev–Trinajstić information content (AvgIpc) is 3.03. The summed E-state index contributed by atoms with van der Waals surface area (Å²) in [5, 5.41) is 3.45. The van der Waals surface area contributed by atoms with Crippen LogP contribution in [0.4, 0.5) is 5.69 Å². The van der Waals surface area contributed by atoms with Crippen LogP contribution in [0.2, 0.25) is 5.02 Å². The molecule has 3 rings (SSSR count). The first kappa shape index (κ1) is 15.2. The first-order valence-corrected chi connectivity index (χ1v) is 8.51. The first-order valence-electron chi connectivity index (χ1n) is 6.98. The fourth-order valence-electron chi connectivity index (χ4n) is 2.13. The van der Waals surface area contributed by atoms with Crippen LogP contribution in [0.25, 0.3) is 0 Å². The number of nitrogens with one attached hydrogen (secondary N) is 1. The highest BCUT2D eigenvalue weighted by Gasteiger charge is 2.18. The molecule has 6 heteroatoms. The highest BCUT2D eigenvalue weighted by Crippen LogP contribution is 2.22. The first-order chi connectivity index (χ1) is 10.7.